The lowest BCUT2D eigenvalue weighted by Crippen LogP contribution is -1.93. The summed E-state index contributed by atoms with van der Waals surface area (Å²) < 4.78 is 7.57. The molecule has 2 nitrogen and oxygen atoms in total. The lowest BCUT2D eigenvalue weighted by molar-refractivity contribution is 1.25. The van der Waals surface area contributed by atoms with Gasteiger partial charge in [0.15, 0.2) is 5.65 Å². The number of pyridine rings is 1. The normalized spacial score (nSPS) is 12.1. The SMILES string of the molecule is c1ccc2c(c1)ccc1c2nc2c3sc4ccccc4c3cc(-c3ccc(-c4ccc(-c5ccc6sc7ccccc7c6c5)cc4)cc3)n12. The van der Waals surface area contributed by atoms with Crippen LogP contribution in [0.25, 0.3) is 101 Å². The molecule has 0 saturated heterocycles. The predicted molar refractivity (Wildman–Crippen MR) is 212 cm³/mol. The molecule has 11 aromatic rings. The van der Waals surface area contributed by atoms with Crippen LogP contribution in [0.5, 0.6) is 0 Å². The highest BCUT2D eigenvalue weighted by Crippen LogP contribution is 2.42. The van der Waals surface area contributed by atoms with Crippen molar-refractivity contribution in [2.75, 3.05) is 0 Å². The Morgan fingerprint density at radius 2 is 0.980 bits per heavy atom. The molecule has 0 aliphatic heterocycles. The number of rotatable bonds is 3. The van der Waals surface area contributed by atoms with E-state index in [0.717, 1.165) is 22.4 Å². The molecule has 11 rings (SSSR count). The van der Waals surface area contributed by atoms with Gasteiger partial charge in [-0.25, -0.2) is 4.98 Å². The fraction of sp³-hybridized carbons (Fsp3) is 0. The number of benzene rings is 7. The molecule has 0 aliphatic rings. The number of hydrogen-bond donors (Lipinski definition) is 0. The van der Waals surface area contributed by atoms with Crippen LogP contribution < -0.4 is 0 Å². The van der Waals surface area contributed by atoms with Crippen molar-refractivity contribution in [1.82, 2.24) is 9.38 Å². The van der Waals surface area contributed by atoms with Gasteiger partial charge in [0.1, 0.15) is 0 Å². The van der Waals surface area contributed by atoms with Crippen molar-refractivity contribution in [2.24, 2.45) is 0 Å². The Morgan fingerprint density at radius 1 is 0.408 bits per heavy atom. The van der Waals surface area contributed by atoms with Gasteiger partial charge in [-0.3, -0.25) is 4.40 Å². The van der Waals surface area contributed by atoms with Crippen molar-refractivity contribution < 1.29 is 0 Å². The van der Waals surface area contributed by atoms with E-state index < -0.39 is 0 Å². The van der Waals surface area contributed by atoms with Gasteiger partial charge in [0.05, 0.1) is 21.4 Å². The fourth-order valence-electron chi connectivity index (χ4n) is 7.59. The molecule has 49 heavy (non-hydrogen) atoms. The predicted octanol–water partition coefficient (Wildman–Crippen LogP) is 13.4. The summed E-state index contributed by atoms with van der Waals surface area (Å²) in [6.07, 6.45) is 0. The van der Waals surface area contributed by atoms with Gasteiger partial charge in [0.2, 0.25) is 0 Å². The quantitative estimate of drug-likeness (QED) is 0.185. The van der Waals surface area contributed by atoms with Crippen molar-refractivity contribution in [3.63, 3.8) is 0 Å². The molecule has 4 heteroatoms. The molecule has 0 aliphatic carbocycles. The maximum absolute atomic E-state index is 5.35. The van der Waals surface area contributed by atoms with E-state index in [0.29, 0.717) is 0 Å². The minimum absolute atomic E-state index is 1.02. The highest BCUT2D eigenvalue weighted by atomic mass is 32.1. The van der Waals surface area contributed by atoms with Crippen LogP contribution in [-0.4, -0.2) is 9.38 Å². The second kappa shape index (κ2) is 10.3. The Kier molecular flexibility index (Phi) is 5.74. The van der Waals surface area contributed by atoms with Crippen LogP contribution in [0.15, 0.2) is 158 Å². The first-order valence-corrected chi connectivity index (χ1v) is 18.2. The molecule has 7 aromatic carbocycles. The van der Waals surface area contributed by atoms with E-state index in [9.17, 15) is 0 Å². The molecule has 0 N–H and O–H groups in total. The van der Waals surface area contributed by atoms with Crippen LogP contribution in [0.3, 0.4) is 0 Å². The summed E-state index contributed by atoms with van der Waals surface area (Å²) in [5.41, 5.74) is 10.4. The summed E-state index contributed by atoms with van der Waals surface area (Å²) in [7, 11) is 0. The van der Waals surface area contributed by atoms with Crippen molar-refractivity contribution in [3.05, 3.63) is 158 Å². The largest absolute Gasteiger partial charge is 0.291 e. The Morgan fingerprint density at radius 3 is 1.73 bits per heavy atom. The Labute approximate surface area is 289 Å². The van der Waals surface area contributed by atoms with E-state index in [4.69, 9.17) is 4.98 Å². The highest BCUT2D eigenvalue weighted by molar-refractivity contribution is 7.26. The van der Waals surface area contributed by atoms with Crippen LogP contribution in [0.1, 0.15) is 0 Å². The second-order valence-electron chi connectivity index (χ2n) is 12.8. The molecular formula is C45H26N2S2. The smallest absolute Gasteiger partial charge is 0.156 e. The Balaban J connectivity index is 1.02. The number of hydrogen-bond acceptors (Lipinski definition) is 3. The van der Waals surface area contributed by atoms with Crippen LogP contribution in [0.2, 0.25) is 0 Å². The van der Waals surface area contributed by atoms with Gasteiger partial charge < -0.3 is 0 Å². The first-order chi connectivity index (χ1) is 24.3. The number of nitrogens with zero attached hydrogens (tertiary/aromatic N) is 2. The fourth-order valence-corrected chi connectivity index (χ4v) is 9.84. The number of aromatic nitrogens is 2. The lowest BCUT2D eigenvalue weighted by atomic mass is 9.98. The first-order valence-electron chi connectivity index (χ1n) is 16.5. The van der Waals surface area contributed by atoms with Crippen LogP contribution in [0, 0.1) is 0 Å². The zero-order valence-electron chi connectivity index (χ0n) is 26.2. The van der Waals surface area contributed by atoms with Crippen LogP contribution in [-0.2, 0) is 0 Å². The van der Waals surface area contributed by atoms with Gasteiger partial charge in [-0.05, 0) is 69.6 Å². The summed E-state index contributed by atoms with van der Waals surface area (Å²) in [6, 6.07) is 57.7. The molecule has 0 radical (unpaired) electrons. The topological polar surface area (TPSA) is 17.3 Å². The number of fused-ring (bicyclic) bond motifs is 12. The van der Waals surface area contributed by atoms with Crippen molar-refractivity contribution in [3.8, 4) is 33.5 Å². The summed E-state index contributed by atoms with van der Waals surface area (Å²) in [5, 5.41) is 7.61. The molecule has 4 aromatic heterocycles. The van der Waals surface area contributed by atoms with Crippen molar-refractivity contribution >= 4 is 90.5 Å². The minimum Gasteiger partial charge on any atom is -0.291 e. The van der Waals surface area contributed by atoms with E-state index in [1.165, 1.54) is 78.9 Å². The highest BCUT2D eigenvalue weighted by Gasteiger charge is 2.19. The monoisotopic (exact) mass is 658 g/mol. The van der Waals surface area contributed by atoms with Gasteiger partial charge >= 0.3 is 0 Å². The third-order valence-electron chi connectivity index (χ3n) is 10.0. The maximum Gasteiger partial charge on any atom is 0.156 e. The minimum atomic E-state index is 1.02. The first kappa shape index (κ1) is 27.2. The number of thiophene rings is 2. The average Bonchev–Trinajstić information content (AvgIpc) is 3.86. The Hall–Kier alpha value is -5.81. The van der Waals surface area contributed by atoms with Crippen molar-refractivity contribution in [1.29, 1.82) is 0 Å². The molecule has 228 valence electrons. The van der Waals surface area contributed by atoms with E-state index in [1.807, 2.05) is 22.7 Å². The summed E-state index contributed by atoms with van der Waals surface area (Å²) in [4.78, 5) is 5.35. The molecule has 0 spiro atoms. The standard InChI is InChI=1S/C45H26N2S2/c1-2-8-33-30(7-1)21-23-38-43(33)46-45-44-37(35-10-4-6-12-41(35)49-44)26-39(47(38)45)31-19-17-28(18-20-31)27-13-15-29(16-14-27)32-22-24-42-36(25-32)34-9-3-5-11-40(34)48-42/h1-26H. The van der Waals surface area contributed by atoms with Crippen LogP contribution >= 0.6 is 22.7 Å². The van der Waals surface area contributed by atoms with Gasteiger partial charge in [-0.2, -0.15) is 0 Å². The molecular weight excluding hydrogens is 633 g/mol. The summed E-state index contributed by atoms with van der Waals surface area (Å²) in [6.45, 7) is 0. The molecule has 0 saturated carbocycles. The second-order valence-corrected chi connectivity index (χ2v) is 14.9. The van der Waals surface area contributed by atoms with E-state index in [1.54, 1.807) is 0 Å². The zero-order chi connectivity index (χ0) is 32.1. The van der Waals surface area contributed by atoms with E-state index in [2.05, 4.69) is 162 Å². The zero-order valence-corrected chi connectivity index (χ0v) is 27.9. The average molecular weight is 659 g/mol. The van der Waals surface area contributed by atoms with E-state index in [-0.39, 0.29) is 0 Å². The van der Waals surface area contributed by atoms with Gasteiger partial charge in [0.25, 0.3) is 0 Å². The summed E-state index contributed by atoms with van der Waals surface area (Å²) in [5.74, 6) is 0. The van der Waals surface area contributed by atoms with Crippen LogP contribution in [0.4, 0.5) is 0 Å². The summed E-state index contributed by atoms with van der Waals surface area (Å²) >= 11 is 3.70. The third kappa shape index (κ3) is 4.08. The Bertz CT molecular complexity index is 3090. The maximum atomic E-state index is 5.35. The van der Waals surface area contributed by atoms with Gasteiger partial charge in [-0.1, -0.05) is 121 Å². The molecule has 4 heterocycles. The van der Waals surface area contributed by atoms with Gasteiger partial charge in [0, 0.05) is 41.0 Å². The molecule has 0 amide bonds. The molecule has 0 bridgehead atoms. The number of imidazole rings is 1. The molecule has 0 fully saturated rings. The lowest BCUT2D eigenvalue weighted by Gasteiger charge is -2.11. The molecule has 0 unspecified atom stereocenters. The van der Waals surface area contributed by atoms with Crippen molar-refractivity contribution in [2.45, 2.75) is 0 Å². The van der Waals surface area contributed by atoms with Gasteiger partial charge in [-0.15, -0.1) is 22.7 Å². The third-order valence-corrected chi connectivity index (χ3v) is 12.4. The molecule has 0 atom stereocenters. The van der Waals surface area contributed by atoms with E-state index >= 15 is 0 Å².